The first-order valence-electron chi connectivity index (χ1n) is 9.08. The molecule has 1 heterocycles. The van der Waals surface area contributed by atoms with Crippen LogP contribution < -0.4 is 10.6 Å². The molecule has 0 aliphatic rings. The van der Waals surface area contributed by atoms with E-state index in [2.05, 4.69) is 15.6 Å². The first-order valence-corrected chi connectivity index (χ1v) is 10.1. The average Bonchev–Trinajstić information content (AvgIpc) is 2.72. The Morgan fingerprint density at radius 1 is 0.966 bits per heavy atom. The number of hydrogen-bond acceptors (Lipinski definition) is 4. The van der Waals surface area contributed by atoms with E-state index in [-0.39, 0.29) is 11.8 Å². The van der Waals surface area contributed by atoms with Crippen LogP contribution in [0.1, 0.15) is 18.1 Å². The van der Waals surface area contributed by atoms with Gasteiger partial charge in [-0.25, -0.2) is 4.98 Å². The molecule has 0 saturated heterocycles. The normalized spacial score (nSPS) is 10.7. The van der Waals surface area contributed by atoms with Gasteiger partial charge in [0.05, 0.1) is 5.03 Å². The summed E-state index contributed by atoms with van der Waals surface area (Å²) in [5, 5.41) is 6.56. The van der Waals surface area contributed by atoms with Crippen LogP contribution >= 0.6 is 11.8 Å². The molecule has 3 aromatic rings. The lowest BCUT2D eigenvalue weighted by molar-refractivity contribution is -0.114. The Balaban J connectivity index is 1.54. The maximum atomic E-state index is 12.2. The fraction of sp³-hybridized carbons (Fsp3) is 0.0870. The lowest BCUT2D eigenvalue weighted by Crippen LogP contribution is -2.07. The maximum Gasteiger partial charge on any atom is 0.248 e. The zero-order valence-corrected chi connectivity index (χ0v) is 16.8. The van der Waals surface area contributed by atoms with Gasteiger partial charge in [0, 0.05) is 36.3 Å². The standard InChI is InChI=1S/C23H21N3O2S/c1-17(27)25-20-11-8-18(9-12-20)10-13-22(28)26-21-6-4-5-19(15-21)16-29-23-7-2-3-14-24-23/h2-15H,16H2,1H3,(H,25,27)(H,26,28)/b13-10+. The second-order valence-electron chi connectivity index (χ2n) is 6.28. The highest BCUT2D eigenvalue weighted by molar-refractivity contribution is 7.98. The Labute approximate surface area is 174 Å². The Hall–Kier alpha value is -3.38. The minimum Gasteiger partial charge on any atom is -0.326 e. The van der Waals surface area contributed by atoms with Crippen molar-refractivity contribution in [3.05, 3.63) is 90.1 Å². The number of anilines is 2. The number of nitrogens with zero attached hydrogens (tertiary/aromatic N) is 1. The third-order valence-corrected chi connectivity index (χ3v) is 4.89. The summed E-state index contributed by atoms with van der Waals surface area (Å²) < 4.78 is 0. The van der Waals surface area contributed by atoms with E-state index in [1.54, 1.807) is 36.2 Å². The van der Waals surface area contributed by atoms with Crippen LogP contribution in [0.4, 0.5) is 11.4 Å². The van der Waals surface area contributed by atoms with Crippen LogP contribution in [0.15, 0.2) is 84.0 Å². The summed E-state index contributed by atoms with van der Waals surface area (Å²) in [6, 6.07) is 20.9. The Bertz CT molecular complexity index is 1000. The fourth-order valence-electron chi connectivity index (χ4n) is 2.57. The van der Waals surface area contributed by atoms with Gasteiger partial charge in [-0.05, 0) is 53.6 Å². The number of benzene rings is 2. The van der Waals surface area contributed by atoms with Crippen molar-refractivity contribution >= 4 is 41.0 Å². The van der Waals surface area contributed by atoms with E-state index in [1.807, 2.05) is 54.6 Å². The van der Waals surface area contributed by atoms with Crippen LogP contribution in [0, 0.1) is 0 Å². The van der Waals surface area contributed by atoms with Gasteiger partial charge in [-0.3, -0.25) is 9.59 Å². The molecule has 2 N–H and O–H groups in total. The van der Waals surface area contributed by atoms with Crippen molar-refractivity contribution in [1.82, 2.24) is 4.98 Å². The SMILES string of the molecule is CC(=O)Nc1ccc(/C=C/C(=O)Nc2cccc(CSc3ccccn3)c2)cc1. The third-order valence-electron chi connectivity index (χ3n) is 3.88. The van der Waals surface area contributed by atoms with Crippen molar-refractivity contribution in [3.63, 3.8) is 0 Å². The summed E-state index contributed by atoms with van der Waals surface area (Å²) in [7, 11) is 0. The van der Waals surface area contributed by atoms with Crippen LogP contribution in [-0.4, -0.2) is 16.8 Å². The molecule has 5 nitrogen and oxygen atoms in total. The number of carbonyl (C=O) groups excluding carboxylic acids is 2. The van der Waals surface area contributed by atoms with E-state index < -0.39 is 0 Å². The second kappa shape index (κ2) is 10.2. The van der Waals surface area contributed by atoms with Crippen molar-refractivity contribution in [2.45, 2.75) is 17.7 Å². The van der Waals surface area contributed by atoms with E-state index >= 15 is 0 Å². The average molecular weight is 404 g/mol. The van der Waals surface area contributed by atoms with Gasteiger partial charge >= 0.3 is 0 Å². The van der Waals surface area contributed by atoms with Crippen LogP contribution in [0.5, 0.6) is 0 Å². The summed E-state index contributed by atoms with van der Waals surface area (Å²) in [5.41, 5.74) is 3.45. The van der Waals surface area contributed by atoms with Gasteiger partial charge in [-0.1, -0.05) is 30.3 Å². The molecule has 0 aliphatic heterocycles. The van der Waals surface area contributed by atoms with E-state index in [1.165, 1.54) is 13.0 Å². The van der Waals surface area contributed by atoms with E-state index in [4.69, 9.17) is 0 Å². The monoisotopic (exact) mass is 403 g/mol. The van der Waals surface area contributed by atoms with E-state index in [0.717, 1.165) is 33.3 Å². The molecule has 3 rings (SSSR count). The van der Waals surface area contributed by atoms with Gasteiger partial charge in [0.15, 0.2) is 0 Å². The molecule has 0 radical (unpaired) electrons. The van der Waals surface area contributed by atoms with Gasteiger partial charge in [-0.2, -0.15) is 0 Å². The molecule has 0 saturated carbocycles. The highest BCUT2D eigenvalue weighted by Gasteiger charge is 2.02. The first-order chi connectivity index (χ1) is 14.1. The minimum atomic E-state index is -0.203. The fourth-order valence-corrected chi connectivity index (χ4v) is 3.37. The number of carbonyl (C=O) groups is 2. The van der Waals surface area contributed by atoms with Crippen molar-refractivity contribution in [3.8, 4) is 0 Å². The molecule has 2 aromatic carbocycles. The largest absolute Gasteiger partial charge is 0.326 e. The molecule has 146 valence electrons. The van der Waals surface area contributed by atoms with Crippen molar-refractivity contribution in [2.24, 2.45) is 0 Å². The number of rotatable bonds is 7. The molecule has 0 bridgehead atoms. The summed E-state index contributed by atoms with van der Waals surface area (Å²) in [6.45, 7) is 1.46. The molecule has 1 aromatic heterocycles. The third kappa shape index (κ3) is 6.93. The summed E-state index contributed by atoms with van der Waals surface area (Å²) in [5.74, 6) is 0.454. The second-order valence-corrected chi connectivity index (χ2v) is 7.28. The molecule has 0 atom stereocenters. The van der Waals surface area contributed by atoms with Crippen molar-refractivity contribution in [1.29, 1.82) is 0 Å². The van der Waals surface area contributed by atoms with Crippen LogP contribution in [0.25, 0.3) is 6.08 Å². The summed E-state index contributed by atoms with van der Waals surface area (Å²) >= 11 is 1.65. The number of amides is 2. The highest BCUT2D eigenvalue weighted by Crippen LogP contribution is 2.22. The first kappa shape index (κ1) is 20.4. The number of nitrogens with one attached hydrogen (secondary N) is 2. The van der Waals surface area contributed by atoms with Gasteiger partial charge in [-0.15, -0.1) is 11.8 Å². The summed E-state index contributed by atoms with van der Waals surface area (Å²) in [4.78, 5) is 27.6. The molecule has 0 aliphatic carbocycles. The zero-order chi connectivity index (χ0) is 20.5. The molecule has 0 fully saturated rings. The van der Waals surface area contributed by atoms with Crippen LogP contribution in [0.2, 0.25) is 0 Å². The number of thioether (sulfide) groups is 1. The Morgan fingerprint density at radius 3 is 2.52 bits per heavy atom. The lowest BCUT2D eigenvalue weighted by atomic mass is 10.2. The number of aromatic nitrogens is 1. The quantitative estimate of drug-likeness (QED) is 0.431. The van der Waals surface area contributed by atoms with E-state index in [9.17, 15) is 9.59 Å². The topological polar surface area (TPSA) is 71.1 Å². The van der Waals surface area contributed by atoms with Crippen molar-refractivity contribution < 1.29 is 9.59 Å². The van der Waals surface area contributed by atoms with Gasteiger partial charge in [0.25, 0.3) is 0 Å². The smallest absolute Gasteiger partial charge is 0.248 e. The summed E-state index contributed by atoms with van der Waals surface area (Å²) in [6.07, 6.45) is 5.00. The van der Waals surface area contributed by atoms with Crippen LogP contribution in [0.3, 0.4) is 0 Å². The lowest BCUT2D eigenvalue weighted by Gasteiger charge is -2.06. The molecular formula is C23H21N3O2S. The predicted octanol–water partition coefficient (Wildman–Crippen LogP) is 4.98. The number of hydrogen-bond donors (Lipinski definition) is 2. The minimum absolute atomic E-state index is 0.117. The molecule has 2 amide bonds. The van der Waals surface area contributed by atoms with Crippen molar-refractivity contribution in [2.75, 3.05) is 10.6 Å². The number of pyridine rings is 1. The predicted molar refractivity (Wildman–Crippen MR) is 119 cm³/mol. The zero-order valence-electron chi connectivity index (χ0n) is 16.0. The van der Waals surface area contributed by atoms with Gasteiger partial charge < -0.3 is 10.6 Å². The van der Waals surface area contributed by atoms with E-state index in [0.29, 0.717) is 0 Å². The Morgan fingerprint density at radius 2 is 1.79 bits per heavy atom. The molecule has 6 heteroatoms. The molecule has 0 spiro atoms. The maximum absolute atomic E-state index is 12.2. The Kier molecular flexibility index (Phi) is 7.19. The van der Waals surface area contributed by atoms with Gasteiger partial charge in [0.2, 0.25) is 11.8 Å². The van der Waals surface area contributed by atoms with Crippen LogP contribution in [-0.2, 0) is 15.3 Å². The molecule has 29 heavy (non-hydrogen) atoms. The van der Waals surface area contributed by atoms with Gasteiger partial charge in [0.1, 0.15) is 0 Å². The molecular weight excluding hydrogens is 382 g/mol. The highest BCUT2D eigenvalue weighted by atomic mass is 32.2. The molecule has 0 unspecified atom stereocenters.